The molecule has 4 nitrogen and oxygen atoms in total. The number of carbonyl (C=O) groups is 1. The lowest BCUT2D eigenvalue weighted by Gasteiger charge is -2.19. The molecular weight excluding hydrogens is 382 g/mol. The molecule has 5 heteroatoms. The number of fused-ring (bicyclic) bond motifs is 1. The second-order valence-electron chi connectivity index (χ2n) is 6.77. The molecule has 0 unspecified atom stereocenters. The van der Waals surface area contributed by atoms with E-state index in [0.717, 1.165) is 22.0 Å². The summed E-state index contributed by atoms with van der Waals surface area (Å²) in [7, 11) is 0. The second-order valence-corrected chi connectivity index (χ2v) is 7.17. The summed E-state index contributed by atoms with van der Waals surface area (Å²) in [6.45, 7) is 0.376. The summed E-state index contributed by atoms with van der Waals surface area (Å²) in [5, 5.41) is 13.8. The number of H-pyrrole nitrogens is 1. The number of halogens is 1. The van der Waals surface area contributed by atoms with Gasteiger partial charge in [-0.05, 0) is 41.5 Å². The summed E-state index contributed by atoms with van der Waals surface area (Å²) < 4.78 is 0. The molecule has 142 valence electrons. The number of hydrogen-bond acceptors (Lipinski definition) is 2. The van der Waals surface area contributed by atoms with Gasteiger partial charge in [0.1, 0.15) is 0 Å². The molecule has 1 aromatic heterocycles. The fourth-order valence-electron chi connectivity index (χ4n) is 3.55. The van der Waals surface area contributed by atoms with Crippen molar-refractivity contribution < 1.29 is 4.79 Å². The van der Waals surface area contributed by atoms with Crippen LogP contribution in [0.15, 0.2) is 79.0 Å². The van der Waals surface area contributed by atoms with Gasteiger partial charge in [0.25, 0.3) is 5.91 Å². The van der Waals surface area contributed by atoms with Crippen molar-refractivity contribution in [1.29, 1.82) is 5.26 Å². The standard InChI is InChI=1S/C24H18ClN3O/c25-22-10-3-1-8-18(22)20(21-14-27-23-11-4-2-9-19(21)23)15-28-24(29)17-7-5-6-16(12-17)13-26/h1-12,14,20,27H,15H2,(H,28,29)/t20-/m0/s1. The van der Waals surface area contributed by atoms with Crippen LogP contribution in [0.25, 0.3) is 10.9 Å². The molecule has 0 aliphatic rings. The maximum Gasteiger partial charge on any atom is 0.251 e. The number of hydrogen-bond donors (Lipinski definition) is 2. The Kier molecular flexibility index (Phi) is 5.33. The van der Waals surface area contributed by atoms with Crippen molar-refractivity contribution in [3.8, 4) is 6.07 Å². The summed E-state index contributed by atoms with van der Waals surface area (Å²) in [5.41, 5.74) is 3.97. The van der Waals surface area contributed by atoms with E-state index in [1.165, 1.54) is 0 Å². The Morgan fingerprint density at radius 3 is 2.66 bits per heavy atom. The average Bonchev–Trinajstić information content (AvgIpc) is 3.19. The minimum atomic E-state index is -0.223. The highest BCUT2D eigenvalue weighted by Gasteiger charge is 2.21. The van der Waals surface area contributed by atoms with E-state index in [1.54, 1.807) is 24.3 Å². The van der Waals surface area contributed by atoms with Crippen LogP contribution in [0.2, 0.25) is 5.02 Å². The second kappa shape index (κ2) is 8.22. The number of rotatable bonds is 5. The van der Waals surface area contributed by atoms with Crippen molar-refractivity contribution in [3.05, 3.63) is 106 Å². The van der Waals surface area contributed by atoms with Crippen LogP contribution in [-0.2, 0) is 0 Å². The van der Waals surface area contributed by atoms with Crippen molar-refractivity contribution in [2.24, 2.45) is 0 Å². The molecule has 3 aromatic carbocycles. The number of aromatic nitrogens is 1. The lowest BCUT2D eigenvalue weighted by atomic mass is 9.90. The van der Waals surface area contributed by atoms with Gasteiger partial charge in [-0.15, -0.1) is 0 Å². The van der Waals surface area contributed by atoms with Gasteiger partial charge in [-0.25, -0.2) is 0 Å². The Labute approximate surface area is 173 Å². The Bertz CT molecular complexity index is 1220. The molecule has 0 saturated carbocycles. The molecule has 0 radical (unpaired) electrons. The van der Waals surface area contributed by atoms with Crippen LogP contribution in [0.1, 0.15) is 33.0 Å². The molecule has 29 heavy (non-hydrogen) atoms. The van der Waals surface area contributed by atoms with Gasteiger partial charge in [-0.2, -0.15) is 5.26 Å². The van der Waals surface area contributed by atoms with Crippen LogP contribution in [0.4, 0.5) is 0 Å². The van der Waals surface area contributed by atoms with E-state index in [2.05, 4.69) is 22.4 Å². The van der Waals surface area contributed by atoms with E-state index in [9.17, 15) is 4.79 Å². The molecule has 0 aliphatic carbocycles. The minimum absolute atomic E-state index is 0.122. The van der Waals surface area contributed by atoms with Crippen LogP contribution in [0, 0.1) is 11.3 Å². The summed E-state index contributed by atoms with van der Waals surface area (Å²) in [5.74, 6) is -0.345. The summed E-state index contributed by atoms with van der Waals surface area (Å²) in [6, 6.07) is 24.5. The Balaban J connectivity index is 1.67. The number of nitriles is 1. The zero-order valence-electron chi connectivity index (χ0n) is 15.5. The molecule has 4 aromatic rings. The number of carbonyl (C=O) groups excluding carboxylic acids is 1. The normalized spacial score (nSPS) is 11.7. The Morgan fingerprint density at radius 1 is 1.03 bits per heavy atom. The van der Waals surface area contributed by atoms with Gasteiger partial charge in [0.2, 0.25) is 0 Å². The topological polar surface area (TPSA) is 68.7 Å². The Hall–Kier alpha value is -3.55. The molecular formula is C24H18ClN3O. The third-order valence-corrected chi connectivity index (χ3v) is 5.34. The maximum atomic E-state index is 12.7. The first-order valence-electron chi connectivity index (χ1n) is 9.26. The van der Waals surface area contributed by atoms with E-state index in [1.807, 2.05) is 48.7 Å². The SMILES string of the molecule is N#Cc1cccc(C(=O)NC[C@@H](c2ccccc2Cl)c2c[nH]c3ccccc23)c1. The zero-order chi connectivity index (χ0) is 20.2. The molecule has 1 amide bonds. The number of nitrogens with zero attached hydrogens (tertiary/aromatic N) is 1. The van der Waals surface area contributed by atoms with Gasteiger partial charge in [0.15, 0.2) is 0 Å². The van der Waals surface area contributed by atoms with Crippen LogP contribution >= 0.6 is 11.6 Å². The van der Waals surface area contributed by atoms with Crippen molar-refractivity contribution in [2.45, 2.75) is 5.92 Å². The summed E-state index contributed by atoms with van der Waals surface area (Å²) in [4.78, 5) is 16.0. The number of amides is 1. The van der Waals surface area contributed by atoms with E-state index in [0.29, 0.717) is 22.7 Å². The molecule has 0 spiro atoms. The summed E-state index contributed by atoms with van der Waals surface area (Å²) >= 11 is 6.50. The van der Waals surface area contributed by atoms with E-state index < -0.39 is 0 Å². The van der Waals surface area contributed by atoms with Gasteiger partial charge in [-0.3, -0.25) is 4.79 Å². The lowest BCUT2D eigenvalue weighted by Crippen LogP contribution is -2.29. The molecule has 1 heterocycles. The zero-order valence-corrected chi connectivity index (χ0v) is 16.3. The molecule has 2 N–H and O–H groups in total. The van der Waals surface area contributed by atoms with Crippen LogP contribution in [0.5, 0.6) is 0 Å². The predicted octanol–water partition coefficient (Wildman–Crippen LogP) is 5.25. The molecule has 0 aliphatic heterocycles. The molecule has 0 bridgehead atoms. The highest BCUT2D eigenvalue weighted by molar-refractivity contribution is 6.31. The van der Waals surface area contributed by atoms with Gasteiger partial charge >= 0.3 is 0 Å². The summed E-state index contributed by atoms with van der Waals surface area (Å²) in [6.07, 6.45) is 1.97. The highest BCUT2D eigenvalue weighted by Crippen LogP contribution is 2.34. The van der Waals surface area contributed by atoms with Gasteiger partial charge in [-0.1, -0.05) is 54.1 Å². The van der Waals surface area contributed by atoms with E-state index >= 15 is 0 Å². The lowest BCUT2D eigenvalue weighted by molar-refractivity contribution is 0.0952. The quantitative estimate of drug-likeness (QED) is 0.481. The van der Waals surface area contributed by atoms with Crippen molar-refractivity contribution in [3.63, 3.8) is 0 Å². The fourth-order valence-corrected chi connectivity index (χ4v) is 3.82. The van der Waals surface area contributed by atoms with Gasteiger partial charge in [0.05, 0.1) is 11.6 Å². The van der Waals surface area contributed by atoms with Crippen molar-refractivity contribution in [1.82, 2.24) is 10.3 Å². The highest BCUT2D eigenvalue weighted by atomic mass is 35.5. The molecule has 1 atom stereocenters. The third kappa shape index (κ3) is 3.87. The average molecular weight is 400 g/mol. The molecule has 0 saturated heterocycles. The first-order chi connectivity index (χ1) is 14.2. The molecule has 0 fully saturated rings. The number of nitrogens with one attached hydrogen (secondary N) is 2. The largest absolute Gasteiger partial charge is 0.361 e. The monoisotopic (exact) mass is 399 g/mol. The number of aromatic amines is 1. The van der Waals surface area contributed by atoms with Crippen LogP contribution in [0.3, 0.4) is 0 Å². The third-order valence-electron chi connectivity index (χ3n) is 5.00. The minimum Gasteiger partial charge on any atom is -0.361 e. The molecule has 4 rings (SSSR count). The van der Waals surface area contributed by atoms with Gasteiger partial charge < -0.3 is 10.3 Å². The van der Waals surface area contributed by atoms with Crippen molar-refractivity contribution >= 4 is 28.4 Å². The fraction of sp³-hybridized carbons (Fsp3) is 0.0833. The van der Waals surface area contributed by atoms with Crippen LogP contribution < -0.4 is 5.32 Å². The maximum absolute atomic E-state index is 12.7. The number of para-hydroxylation sites is 1. The van der Waals surface area contributed by atoms with Crippen LogP contribution in [-0.4, -0.2) is 17.4 Å². The number of benzene rings is 3. The van der Waals surface area contributed by atoms with Gasteiger partial charge in [0, 0.05) is 40.1 Å². The first-order valence-corrected chi connectivity index (χ1v) is 9.64. The first kappa shape index (κ1) is 18.8. The van der Waals surface area contributed by atoms with E-state index in [4.69, 9.17) is 16.9 Å². The van der Waals surface area contributed by atoms with E-state index in [-0.39, 0.29) is 11.8 Å². The Morgan fingerprint density at radius 2 is 1.83 bits per heavy atom. The smallest absolute Gasteiger partial charge is 0.251 e. The predicted molar refractivity (Wildman–Crippen MR) is 115 cm³/mol. The van der Waals surface area contributed by atoms with Crippen molar-refractivity contribution in [2.75, 3.05) is 6.54 Å².